The Morgan fingerprint density at radius 3 is 0.944 bits per heavy atom. The first kappa shape index (κ1) is 36.7. The zero-order chi connectivity index (χ0) is 37.6. The third-order valence-corrected chi connectivity index (χ3v) is 10.3. The number of rotatable bonds is 6. The van der Waals surface area contributed by atoms with E-state index in [9.17, 15) is 15.3 Å². The van der Waals surface area contributed by atoms with Crippen LogP contribution in [0.5, 0.6) is 17.2 Å². The van der Waals surface area contributed by atoms with Gasteiger partial charge in [0.1, 0.15) is 17.2 Å². The normalized spacial score (nSPS) is 14.7. The fourth-order valence-corrected chi connectivity index (χ4v) is 7.40. The van der Waals surface area contributed by atoms with E-state index < -0.39 is 0 Å². The highest BCUT2D eigenvalue weighted by atomic mass is 16.3. The van der Waals surface area contributed by atoms with Crippen molar-refractivity contribution in [2.45, 2.75) is 79.7 Å². The second-order valence-corrected chi connectivity index (χ2v) is 14.6. The first-order chi connectivity index (χ1) is 26.2. The fourth-order valence-electron chi connectivity index (χ4n) is 7.40. The summed E-state index contributed by atoms with van der Waals surface area (Å²) in [4.78, 5) is 20.6. The fraction of sp³-hybridized carbons (Fsp3) is 0.267. The smallest absolute Gasteiger partial charge is 0.120 e. The molecule has 0 unspecified atom stereocenters. The predicted molar refractivity (Wildman–Crippen MR) is 210 cm³/mol. The first-order valence-electron chi connectivity index (χ1n) is 18.5. The summed E-state index contributed by atoms with van der Waals surface area (Å²) >= 11 is 0. The van der Waals surface area contributed by atoms with Gasteiger partial charge in [0.15, 0.2) is 0 Å². The van der Waals surface area contributed by atoms with Crippen LogP contribution in [0.4, 0.5) is 0 Å². The van der Waals surface area contributed by atoms with Gasteiger partial charge in [0.2, 0.25) is 0 Å². The third kappa shape index (κ3) is 9.12. The number of hydrogen-bond donors (Lipinski definition) is 3. The summed E-state index contributed by atoms with van der Waals surface area (Å²) in [5.74, 6) is 0.698. The molecule has 0 saturated carbocycles. The van der Waals surface area contributed by atoms with Gasteiger partial charge in [-0.25, -0.2) is 0 Å². The third-order valence-electron chi connectivity index (χ3n) is 10.3. The Kier molecular flexibility index (Phi) is 11.3. The quantitative estimate of drug-likeness (QED) is 0.159. The molecule has 0 fully saturated rings. The molecule has 3 N–H and O–H groups in total. The van der Waals surface area contributed by atoms with Gasteiger partial charge in [-0.05, 0) is 109 Å². The van der Waals surface area contributed by atoms with Crippen LogP contribution in [0.25, 0.3) is 0 Å². The van der Waals surface area contributed by atoms with Gasteiger partial charge < -0.3 is 15.3 Å². The molecule has 6 aliphatic heterocycles. The van der Waals surface area contributed by atoms with E-state index >= 15 is 0 Å². The van der Waals surface area contributed by atoms with Gasteiger partial charge in [-0.3, -0.25) is 29.7 Å². The molecule has 6 bridgehead atoms. The van der Waals surface area contributed by atoms with Crippen molar-refractivity contribution >= 4 is 0 Å². The van der Waals surface area contributed by atoms with Crippen LogP contribution in [0.3, 0.4) is 0 Å². The molecule has 3 aromatic carbocycles. The van der Waals surface area contributed by atoms with Crippen molar-refractivity contribution in [1.29, 1.82) is 0 Å². The Bertz CT molecular complexity index is 1850. The molecule has 6 aliphatic rings. The van der Waals surface area contributed by atoms with Crippen molar-refractivity contribution in [3.05, 3.63) is 177 Å². The van der Waals surface area contributed by atoms with Crippen LogP contribution in [-0.2, 0) is 58.9 Å². The number of aryl methyl sites for hydroxylation is 3. The number of hydrogen-bond acceptors (Lipinski definition) is 9. The zero-order valence-corrected chi connectivity index (χ0v) is 31.3. The predicted octanol–water partition coefficient (Wildman–Crippen LogP) is 7.83. The lowest BCUT2D eigenvalue weighted by molar-refractivity contribution is 0.237. The van der Waals surface area contributed by atoms with Gasteiger partial charge in [-0.15, -0.1) is 0 Å². The van der Waals surface area contributed by atoms with Crippen LogP contribution >= 0.6 is 0 Å². The standard InChI is InChI=1S/C45H48N6O3/c1-31-16-37-25-50(29-41-11-5-8-14-47-41)23-35-20-45(54)39(18-33(35)3)27-51(30-42-12-6-9-15-48-42)24-36-21-44(53)38(17-32(36)2)26-49(22-34(31)19-43(37)52)28-40-10-4-7-13-46-40/h4-21,52-54H,22-30H2,1-3H3. The molecule has 0 saturated heterocycles. The number of aromatic hydroxyl groups is 3. The molecule has 9 heterocycles. The molecule has 0 spiro atoms. The Balaban J connectivity index is 1.31. The second kappa shape index (κ2) is 16.6. The van der Waals surface area contributed by atoms with Gasteiger partial charge in [0, 0.05) is 94.2 Å². The number of phenols is 3. The summed E-state index contributed by atoms with van der Waals surface area (Å²) < 4.78 is 0. The number of pyridine rings is 3. The van der Waals surface area contributed by atoms with Gasteiger partial charge >= 0.3 is 0 Å². The maximum Gasteiger partial charge on any atom is 0.120 e. The van der Waals surface area contributed by atoms with E-state index in [2.05, 4.69) is 68.6 Å². The Hall–Kier alpha value is -5.61. The monoisotopic (exact) mass is 720 g/mol. The van der Waals surface area contributed by atoms with Crippen LogP contribution in [0, 0.1) is 20.8 Å². The van der Waals surface area contributed by atoms with Crippen molar-refractivity contribution < 1.29 is 15.3 Å². The SMILES string of the molecule is Cc1cc2c(O)cc1CN(Cc1ccccn1)Cc1cc(C)c(cc1O)CN(Cc1ccccn1)Cc1cc(C)c(cc1O)CN(Cc1ccccn1)C2. The lowest BCUT2D eigenvalue weighted by atomic mass is 10.0. The molecule has 12 rings (SSSR count). The molecule has 0 aliphatic carbocycles. The maximum absolute atomic E-state index is 11.5. The molecule has 0 amide bonds. The minimum Gasteiger partial charge on any atom is -0.508 e. The molecule has 6 aromatic rings. The Morgan fingerprint density at radius 1 is 0.407 bits per heavy atom. The molecule has 0 radical (unpaired) electrons. The largest absolute Gasteiger partial charge is 0.508 e. The molecule has 0 atom stereocenters. The van der Waals surface area contributed by atoms with Gasteiger partial charge in [-0.1, -0.05) is 36.4 Å². The molecular weight excluding hydrogens is 673 g/mol. The maximum atomic E-state index is 11.5. The summed E-state index contributed by atoms with van der Waals surface area (Å²) in [5.41, 5.74) is 11.5. The van der Waals surface area contributed by atoms with Crippen molar-refractivity contribution in [3.8, 4) is 17.2 Å². The summed E-state index contributed by atoms with van der Waals surface area (Å²) in [7, 11) is 0. The van der Waals surface area contributed by atoms with Crippen LogP contribution in [-0.4, -0.2) is 45.0 Å². The molecule has 54 heavy (non-hydrogen) atoms. The lowest BCUT2D eigenvalue weighted by Crippen LogP contribution is -2.24. The average molecular weight is 721 g/mol. The van der Waals surface area contributed by atoms with E-state index in [0.29, 0.717) is 58.9 Å². The van der Waals surface area contributed by atoms with E-state index in [4.69, 9.17) is 0 Å². The average Bonchev–Trinajstić information content (AvgIpc) is 3.15. The highest BCUT2D eigenvalue weighted by Crippen LogP contribution is 2.32. The van der Waals surface area contributed by atoms with Gasteiger partial charge in [-0.2, -0.15) is 0 Å². The Morgan fingerprint density at radius 2 is 0.685 bits per heavy atom. The van der Waals surface area contributed by atoms with Crippen molar-refractivity contribution in [1.82, 2.24) is 29.7 Å². The van der Waals surface area contributed by atoms with Crippen LogP contribution in [0.15, 0.2) is 110 Å². The van der Waals surface area contributed by atoms with Gasteiger partial charge in [0.05, 0.1) is 17.1 Å². The molecule has 9 nitrogen and oxygen atoms in total. The summed E-state index contributed by atoms with van der Waals surface area (Å²) in [5, 5.41) is 34.6. The van der Waals surface area contributed by atoms with Crippen molar-refractivity contribution in [3.63, 3.8) is 0 Å². The van der Waals surface area contributed by atoms with E-state index in [1.165, 1.54) is 0 Å². The molecule has 9 heteroatoms. The van der Waals surface area contributed by atoms with Gasteiger partial charge in [0.25, 0.3) is 0 Å². The summed E-state index contributed by atoms with van der Waals surface area (Å²) in [6.07, 6.45) is 5.40. The van der Waals surface area contributed by atoms with Crippen LogP contribution in [0.1, 0.15) is 67.2 Å². The number of benzene rings is 3. The zero-order valence-electron chi connectivity index (χ0n) is 31.3. The van der Waals surface area contributed by atoms with Crippen LogP contribution in [0.2, 0.25) is 0 Å². The number of phenolic OH excluding ortho intramolecular Hbond substituents is 3. The molecule has 3 aromatic heterocycles. The van der Waals surface area contributed by atoms with Crippen LogP contribution < -0.4 is 0 Å². The lowest BCUT2D eigenvalue weighted by Gasteiger charge is -2.26. The first-order valence-corrected chi connectivity index (χ1v) is 18.5. The van der Waals surface area contributed by atoms with Crippen molar-refractivity contribution in [2.75, 3.05) is 0 Å². The van der Waals surface area contributed by atoms with Crippen molar-refractivity contribution in [2.24, 2.45) is 0 Å². The Labute approximate surface area is 317 Å². The minimum absolute atomic E-state index is 0.233. The molecular formula is C45H48N6O3. The summed E-state index contributed by atoms with van der Waals surface area (Å²) in [6, 6.07) is 29.6. The number of aromatic nitrogens is 3. The van der Waals surface area contributed by atoms with E-state index in [1.807, 2.05) is 72.8 Å². The summed E-state index contributed by atoms with van der Waals surface area (Å²) in [6.45, 7) is 11.1. The second-order valence-electron chi connectivity index (χ2n) is 14.6. The number of nitrogens with zero attached hydrogens (tertiary/aromatic N) is 6. The van der Waals surface area contributed by atoms with E-state index in [1.54, 1.807) is 18.6 Å². The van der Waals surface area contributed by atoms with E-state index in [-0.39, 0.29) is 17.2 Å². The molecule has 276 valence electrons. The topological polar surface area (TPSA) is 109 Å². The highest BCUT2D eigenvalue weighted by molar-refractivity contribution is 5.45. The van der Waals surface area contributed by atoms with E-state index in [0.717, 1.165) is 67.2 Å². The minimum atomic E-state index is 0.233. The highest BCUT2D eigenvalue weighted by Gasteiger charge is 2.21.